The Balaban J connectivity index is 1.72. The first-order valence-electron chi connectivity index (χ1n) is 7.64. The number of hydrogen-bond acceptors (Lipinski definition) is 5. The Bertz CT molecular complexity index is 792. The third-order valence-corrected chi connectivity index (χ3v) is 3.27. The van der Waals surface area contributed by atoms with Crippen LogP contribution < -0.4 is 15.8 Å². The van der Waals surface area contributed by atoms with Gasteiger partial charge in [0.15, 0.2) is 13.2 Å². The molecule has 0 saturated heterocycles. The zero-order valence-electron chi connectivity index (χ0n) is 13.7. The second-order valence-electron chi connectivity index (χ2n) is 5.21. The van der Waals surface area contributed by atoms with E-state index in [0.29, 0.717) is 5.56 Å². The Morgan fingerprint density at radius 3 is 2.38 bits per heavy atom. The van der Waals surface area contributed by atoms with Gasteiger partial charge in [0, 0.05) is 6.54 Å². The average molecular weight is 360 g/mol. The minimum absolute atomic E-state index is 0.136. The Morgan fingerprint density at radius 2 is 1.69 bits per heavy atom. The van der Waals surface area contributed by atoms with Gasteiger partial charge >= 0.3 is 5.97 Å². The van der Waals surface area contributed by atoms with Crippen molar-refractivity contribution in [1.29, 1.82) is 0 Å². The van der Waals surface area contributed by atoms with Crippen LogP contribution in [-0.2, 0) is 20.9 Å². The Morgan fingerprint density at radius 1 is 1.00 bits per heavy atom. The van der Waals surface area contributed by atoms with Crippen molar-refractivity contribution in [2.75, 3.05) is 13.2 Å². The molecule has 0 aliphatic rings. The van der Waals surface area contributed by atoms with Gasteiger partial charge in [-0.3, -0.25) is 9.59 Å². The van der Waals surface area contributed by atoms with Crippen LogP contribution in [0.2, 0.25) is 0 Å². The molecule has 7 nitrogen and oxygen atoms in total. The van der Waals surface area contributed by atoms with Gasteiger partial charge in [-0.2, -0.15) is 0 Å². The Kier molecular flexibility index (Phi) is 6.67. The summed E-state index contributed by atoms with van der Waals surface area (Å²) in [6.45, 7) is -0.782. The minimum atomic E-state index is -0.777. The third-order valence-electron chi connectivity index (χ3n) is 3.27. The molecule has 2 amide bonds. The summed E-state index contributed by atoms with van der Waals surface area (Å²) in [6, 6.07) is 11.8. The van der Waals surface area contributed by atoms with Gasteiger partial charge in [-0.15, -0.1) is 0 Å². The number of primary amides is 1. The fraction of sp³-hybridized carbons (Fsp3) is 0.167. The summed E-state index contributed by atoms with van der Waals surface area (Å²) in [5.41, 5.74) is 6.04. The van der Waals surface area contributed by atoms with Crippen molar-refractivity contribution in [3.05, 3.63) is 65.5 Å². The van der Waals surface area contributed by atoms with Crippen molar-refractivity contribution >= 4 is 17.8 Å². The number of hydrogen-bond donors (Lipinski definition) is 2. The molecule has 2 aromatic rings. The van der Waals surface area contributed by atoms with Crippen molar-refractivity contribution in [3.63, 3.8) is 0 Å². The molecule has 0 atom stereocenters. The van der Waals surface area contributed by atoms with Crippen molar-refractivity contribution < 1.29 is 28.2 Å². The number of esters is 1. The largest absolute Gasteiger partial charge is 0.481 e. The smallest absolute Gasteiger partial charge is 0.344 e. The van der Waals surface area contributed by atoms with Crippen LogP contribution in [0.25, 0.3) is 0 Å². The number of para-hydroxylation sites is 1. The predicted octanol–water partition coefficient (Wildman–Crippen LogP) is 1.16. The summed E-state index contributed by atoms with van der Waals surface area (Å²) in [5, 5.41) is 2.53. The first-order chi connectivity index (χ1) is 12.5. The molecule has 0 aliphatic carbocycles. The van der Waals surface area contributed by atoms with E-state index in [9.17, 15) is 18.8 Å². The standard InChI is InChI=1S/C18H17FN2O5/c19-13-7-5-12(6-8-13)9-21-16(22)10-26-17(23)11-25-15-4-2-1-3-14(15)18(20)24/h1-8H,9-11H2,(H2,20,24)(H,21,22). The van der Waals surface area contributed by atoms with E-state index >= 15 is 0 Å². The van der Waals surface area contributed by atoms with Crippen LogP contribution >= 0.6 is 0 Å². The summed E-state index contributed by atoms with van der Waals surface area (Å²) in [4.78, 5) is 34.5. The third kappa shape index (κ3) is 5.90. The van der Waals surface area contributed by atoms with Gasteiger partial charge in [0.1, 0.15) is 11.6 Å². The molecule has 2 rings (SSSR count). The SMILES string of the molecule is NC(=O)c1ccccc1OCC(=O)OCC(=O)NCc1ccc(F)cc1. The molecule has 0 saturated carbocycles. The number of rotatable bonds is 8. The minimum Gasteiger partial charge on any atom is -0.481 e. The van der Waals surface area contributed by atoms with E-state index in [1.165, 1.54) is 36.4 Å². The molecule has 3 N–H and O–H groups in total. The number of amides is 2. The summed E-state index contributed by atoms with van der Waals surface area (Å²) < 4.78 is 22.7. The maximum Gasteiger partial charge on any atom is 0.344 e. The van der Waals surface area contributed by atoms with Crippen LogP contribution in [0, 0.1) is 5.82 Å². The lowest BCUT2D eigenvalue weighted by molar-refractivity contribution is -0.150. The van der Waals surface area contributed by atoms with E-state index in [4.69, 9.17) is 15.2 Å². The van der Waals surface area contributed by atoms with Gasteiger partial charge < -0.3 is 20.5 Å². The van der Waals surface area contributed by atoms with E-state index in [1.54, 1.807) is 12.1 Å². The maximum absolute atomic E-state index is 12.8. The van der Waals surface area contributed by atoms with Gasteiger partial charge in [0.2, 0.25) is 0 Å². The molecule has 0 unspecified atom stereocenters. The summed E-state index contributed by atoms with van der Waals surface area (Å²) in [7, 11) is 0. The van der Waals surface area contributed by atoms with Gasteiger partial charge in [0.05, 0.1) is 5.56 Å². The van der Waals surface area contributed by atoms with E-state index in [2.05, 4.69) is 5.32 Å². The van der Waals surface area contributed by atoms with Gasteiger partial charge in [-0.05, 0) is 29.8 Å². The van der Waals surface area contributed by atoms with E-state index in [1.807, 2.05) is 0 Å². The Labute approximate surface area is 148 Å². The second-order valence-corrected chi connectivity index (χ2v) is 5.21. The summed E-state index contributed by atoms with van der Waals surface area (Å²) >= 11 is 0. The number of nitrogens with one attached hydrogen (secondary N) is 1. The van der Waals surface area contributed by atoms with Crippen LogP contribution in [0.3, 0.4) is 0 Å². The van der Waals surface area contributed by atoms with E-state index in [0.717, 1.165) is 0 Å². The molecule has 136 valence electrons. The first kappa shape index (κ1) is 18.9. The molecule has 0 aliphatic heterocycles. The highest BCUT2D eigenvalue weighted by atomic mass is 19.1. The quantitative estimate of drug-likeness (QED) is 0.687. The van der Waals surface area contributed by atoms with E-state index in [-0.39, 0.29) is 23.7 Å². The van der Waals surface area contributed by atoms with Gasteiger partial charge in [-0.25, -0.2) is 9.18 Å². The van der Waals surface area contributed by atoms with Crippen molar-refractivity contribution in [2.45, 2.75) is 6.54 Å². The van der Waals surface area contributed by atoms with Crippen molar-refractivity contribution in [3.8, 4) is 5.75 Å². The number of carbonyl (C=O) groups is 3. The topological polar surface area (TPSA) is 108 Å². The van der Waals surface area contributed by atoms with Gasteiger partial charge in [0.25, 0.3) is 11.8 Å². The molecule has 0 heterocycles. The average Bonchev–Trinajstić information content (AvgIpc) is 2.64. The zero-order valence-corrected chi connectivity index (χ0v) is 13.7. The lowest BCUT2D eigenvalue weighted by Gasteiger charge is -2.09. The first-order valence-corrected chi connectivity index (χ1v) is 7.64. The molecule has 8 heteroatoms. The molecule has 0 radical (unpaired) electrons. The second kappa shape index (κ2) is 9.16. The highest BCUT2D eigenvalue weighted by molar-refractivity contribution is 5.95. The lowest BCUT2D eigenvalue weighted by atomic mass is 10.2. The monoisotopic (exact) mass is 360 g/mol. The zero-order chi connectivity index (χ0) is 18.9. The number of halogens is 1. The number of nitrogens with two attached hydrogens (primary N) is 1. The highest BCUT2D eigenvalue weighted by Crippen LogP contribution is 2.16. The molecule has 0 bridgehead atoms. The predicted molar refractivity (Wildman–Crippen MR) is 89.7 cm³/mol. The molecule has 26 heavy (non-hydrogen) atoms. The molecule has 0 spiro atoms. The van der Waals surface area contributed by atoms with Crippen molar-refractivity contribution in [1.82, 2.24) is 5.32 Å². The van der Waals surface area contributed by atoms with Crippen LogP contribution in [0.15, 0.2) is 48.5 Å². The van der Waals surface area contributed by atoms with Crippen LogP contribution in [0.5, 0.6) is 5.75 Å². The fourth-order valence-corrected chi connectivity index (χ4v) is 1.97. The highest BCUT2D eigenvalue weighted by Gasteiger charge is 2.12. The van der Waals surface area contributed by atoms with Gasteiger partial charge in [-0.1, -0.05) is 24.3 Å². The molecule has 0 fully saturated rings. The molecule has 2 aromatic carbocycles. The number of ether oxygens (including phenoxy) is 2. The van der Waals surface area contributed by atoms with Crippen LogP contribution in [0.1, 0.15) is 15.9 Å². The van der Waals surface area contributed by atoms with E-state index < -0.39 is 31.0 Å². The van der Waals surface area contributed by atoms with Crippen LogP contribution in [0.4, 0.5) is 4.39 Å². The normalized spacial score (nSPS) is 10.0. The molecular formula is C18H17FN2O5. The summed E-state index contributed by atoms with van der Waals surface area (Å²) in [6.07, 6.45) is 0. The number of benzene rings is 2. The number of carbonyl (C=O) groups excluding carboxylic acids is 3. The molecular weight excluding hydrogens is 343 g/mol. The maximum atomic E-state index is 12.8. The summed E-state index contributed by atoms with van der Waals surface area (Å²) in [5.74, 6) is -2.19. The molecule has 0 aromatic heterocycles. The van der Waals surface area contributed by atoms with Crippen molar-refractivity contribution in [2.24, 2.45) is 5.73 Å². The van der Waals surface area contributed by atoms with Crippen LogP contribution in [-0.4, -0.2) is 31.0 Å². The lowest BCUT2D eigenvalue weighted by Crippen LogP contribution is -2.29. The Hall–Kier alpha value is -3.42. The fourth-order valence-electron chi connectivity index (χ4n) is 1.97.